The lowest BCUT2D eigenvalue weighted by atomic mass is 10.1. The average molecular weight is 458 g/mol. The van der Waals surface area contributed by atoms with Crippen LogP contribution in [0.2, 0.25) is 5.02 Å². The molecule has 0 atom stereocenters. The van der Waals surface area contributed by atoms with E-state index in [1.54, 1.807) is 17.0 Å². The van der Waals surface area contributed by atoms with E-state index in [1.807, 2.05) is 22.9 Å². The van der Waals surface area contributed by atoms with E-state index in [1.165, 1.54) is 30.3 Å². The number of unbranched alkanes of at least 4 members (excludes halogenated alkanes) is 2. The van der Waals surface area contributed by atoms with Crippen molar-refractivity contribution in [3.8, 4) is 0 Å². The summed E-state index contributed by atoms with van der Waals surface area (Å²) in [4.78, 5) is 25.6. The molecule has 1 amide bonds. The van der Waals surface area contributed by atoms with Gasteiger partial charge < -0.3 is 9.47 Å². The number of carbonyl (C=O) groups excluding carboxylic acids is 1. The quantitative estimate of drug-likeness (QED) is 0.211. The predicted molar refractivity (Wildman–Crippen MR) is 122 cm³/mol. The first-order valence-corrected chi connectivity index (χ1v) is 10.9. The van der Waals surface area contributed by atoms with Crippen molar-refractivity contribution < 1.29 is 14.1 Å². The molecule has 0 saturated heterocycles. The topological polar surface area (TPSA) is 68.4 Å². The van der Waals surface area contributed by atoms with E-state index >= 15 is 0 Å². The number of aromatic nitrogens is 1. The van der Waals surface area contributed by atoms with Gasteiger partial charge in [-0.2, -0.15) is 0 Å². The number of halogens is 2. The summed E-state index contributed by atoms with van der Waals surface area (Å²) in [6.07, 6.45) is 4.73. The maximum atomic E-state index is 13.3. The Hall–Kier alpha value is -3.19. The maximum Gasteiger partial charge on any atom is 0.288 e. The number of nitro benzene ring substituents is 1. The van der Waals surface area contributed by atoms with Gasteiger partial charge in [-0.1, -0.05) is 43.5 Å². The van der Waals surface area contributed by atoms with Crippen molar-refractivity contribution in [2.75, 3.05) is 6.54 Å². The normalized spacial score (nSPS) is 10.8. The first-order valence-electron chi connectivity index (χ1n) is 10.5. The van der Waals surface area contributed by atoms with Gasteiger partial charge in [-0.05, 0) is 48.4 Å². The first-order chi connectivity index (χ1) is 15.4. The molecule has 0 bridgehead atoms. The Kier molecular flexibility index (Phi) is 8.00. The summed E-state index contributed by atoms with van der Waals surface area (Å²) in [6, 6.07) is 14.3. The van der Waals surface area contributed by atoms with Crippen LogP contribution in [0.1, 0.15) is 47.8 Å². The number of benzene rings is 2. The minimum atomic E-state index is -0.589. The smallest absolute Gasteiger partial charge is 0.288 e. The van der Waals surface area contributed by atoms with Crippen molar-refractivity contribution in [1.29, 1.82) is 0 Å². The molecule has 1 heterocycles. The molecule has 3 rings (SSSR count). The highest BCUT2D eigenvalue weighted by molar-refractivity contribution is 6.32. The Morgan fingerprint density at radius 3 is 2.59 bits per heavy atom. The van der Waals surface area contributed by atoms with Gasteiger partial charge in [0.2, 0.25) is 0 Å². The molecule has 0 aliphatic heterocycles. The number of hydrogen-bond acceptors (Lipinski definition) is 3. The van der Waals surface area contributed by atoms with Crippen molar-refractivity contribution in [1.82, 2.24) is 9.47 Å². The Morgan fingerprint density at radius 1 is 1.16 bits per heavy atom. The van der Waals surface area contributed by atoms with Crippen LogP contribution in [0.4, 0.5) is 10.1 Å². The van der Waals surface area contributed by atoms with Gasteiger partial charge in [-0.15, -0.1) is 0 Å². The molecular weight excluding hydrogens is 433 g/mol. The Balaban J connectivity index is 1.83. The zero-order chi connectivity index (χ0) is 23.1. The summed E-state index contributed by atoms with van der Waals surface area (Å²) in [5.74, 6) is -0.568. The van der Waals surface area contributed by atoms with Gasteiger partial charge in [0.1, 0.15) is 10.8 Å². The number of amides is 1. The monoisotopic (exact) mass is 457 g/mol. The van der Waals surface area contributed by atoms with Crippen LogP contribution in [0.25, 0.3) is 0 Å². The van der Waals surface area contributed by atoms with Gasteiger partial charge in [0.15, 0.2) is 0 Å². The van der Waals surface area contributed by atoms with Crippen LogP contribution in [0.15, 0.2) is 60.8 Å². The van der Waals surface area contributed by atoms with Gasteiger partial charge in [-0.25, -0.2) is 4.39 Å². The van der Waals surface area contributed by atoms with E-state index in [0.29, 0.717) is 19.6 Å². The lowest BCUT2D eigenvalue weighted by Crippen LogP contribution is -2.32. The highest BCUT2D eigenvalue weighted by Crippen LogP contribution is 2.26. The molecule has 0 radical (unpaired) electrons. The summed E-state index contributed by atoms with van der Waals surface area (Å²) < 4.78 is 15.2. The van der Waals surface area contributed by atoms with Crippen LogP contribution in [-0.4, -0.2) is 26.8 Å². The highest BCUT2D eigenvalue weighted by atomic mass is 35.5. The Bertz CT molecular complexity index is 1080. The summed E-state index contributed by atoms with van der Waals surface area (Å²) in [5, 5.41) is 11.2. The Labute approximate surface area is 191 Å². The van der Waals surface area contributed by atoms with E-state index in [0.717, 1.165) is 30.5 Å². The minimum Gasteiger partial charge on any atom is -0.345 e. The summed E-state index contributed by atoms with van der Waals surface area (Å²) in [5.41, 5.74) is 1.81. The molecule has 0 aliphatic carbocycles. The number of nitrogens with zero attached hydrogens (tertiary/aromatic N) is 3. The van der Waals surface area contributed by atoms with Crippen molar-refractivity contribution in [3.63, 3.8) is 0 Å². The predicted octanol–water partition coefficient (Wildman–Crippen LogP) is 6.07. The van der Waals surface area contributed by atoms with Crippen LogP contribution in [0, 0.1) is 15.9 Å². The molecule has 2 aromatic carbocycles. The molecule has 0 saturated carbocycles. The largest absolute Gasteiger partial charge is 0.345 e. The lowest BCUT2D eigenvalue weighted by Gasteiger charge is -2.24. The number of carbonyl (C=O) groups is 1. The molecule has 3 aromatic rings. The SMILES string of the molecule is CCCCCN(Cc1cccn1Cc1ccc(F)cc1)C(=O)c1ccc(Cl)c([N+](=O)[O-])c1. The number of rotatable bonds is 10. The van der Waals surface area contributed by atoms with E-state index in [9.17, 15) is 19.3 Å². The van der Waals surface area contributed by atoms with E-state index < -0.39 is 4.92 Å². The average Bonchev–Trinajstić information content (AvgIpc) is 3.21. The third-order valence-corrected chi connectivity index (χ3v) is 5.57. The second-order valence-electron chi connectivity index (χ2n) is 7.61. The second-order valence-corrected chi connectivity index (χ2v) is 8.02. The maximum absolute atomic E-state index is 13.3. The Morgan fingerprint density at radius 2 is 1.91 bits per heavy atom. The second kappa shape index (κ2) is 10.9. The molecule has 1 aromatic heterocycles. The number of hydrogen-bond donors (Lipinski definition) is 0. The van der Waals surface area contributed by atoms with Crippen molar-refractivity contribution in [2.45, 2.75) is 39.3 Å². The zero-order valence-corrected chi connectivity index (χ0v) is 18.6. The molecule has 0 N–H and O–H groups in total. The van der Waals surface area contributed by atoms with Crippen LogP contribution >= 0.6 is 11.6 Å². The molecule has 168 valence electrons. The van der Waals surface area contributed by atoms with Gasteiger partial charge in [-0.3, -0.25) is 14.9 Å². The third kappa shape index (κ3) is 5.95. The molecule has 0 aliphatic rings. The van der Waals surface area contributed by atoms with Gasteiger partial charge >= 0.3 is 0 Å². The van der Waals surface area contributed by atoms with Crippen LogP contribution < -0.4 is 0 Å². The van der Waals surface area contributed by atoms with E-state index in [2.05, 4.69) is 6.92 Å². The molecule has 0 unspecified atom stereocenters. The van der Waals surface area contributed by atoms with E-state index in [4.69, 9.17) is 11.6 Å². The fraction of sp³-hybridized carbons (Fsp3) is 0.292. The molecule has 0 fully saturated rings. The third-order valence-electron chi connectivity index (χ3n) is 5.25. The van der Waals surface area contributed by atoms with E-state index in [-0.39, 0.29) is 28.0 Å². The van der Waals surface area contributed by atoms with Crippen molar-refractivity contribution >= 4 is 23.2 Å². The number of nitro groups is 1. The van der Waals surface area contributed by atoms with Gasteiger partial charge in [0.05, 0.1) is 11.5 Å². The molecule has 32 heavy (non-hydrogen) atoms. The summed E-state index contributed by atoms with van der Waals surface area (Å²) >= 11 is 5.91. The van der Waals surface area contributed by atoms with Crippen molar-refractivity contribution in [3.05, 3.63) is 98.6 Å². The molecular formula is C24H25ClFN3O3. The molecule has 0 spiro atoms. The summed E-state index contributed by atoms with van der Waals surface area (Å²) in [6.45, 7) is 3.52. The van der Waals surface area contributed by atoms with Crippen LogP contribution in [-0.2, 0) is 13.1 Å². The highest BCUT2D eigenvalue weighted by Gasteiger charge is 2.21. The van der Waals surface area contributed by atoms with Gasteiger partial charge in [0.25, 0.3) is 11.6 Å². The van der Waals surface area contributed by atoms with Crippen molar-refractivity contribution in [2.24, 2.45) is 0 Å². The minimum absolute atomic E-state index is 0.00254. The van der Waals surface area contributed by atoms with Crippen LogP contribution in [0.5, 0.6) is 0 Å². The lowest BCUT2D eigenvalue weighted by molar-refractivity contribution is -0.384. The fourth-order valence-corrected chi connectivity index (χ4v) is 3.69. The standard InChI is InChI=1S/C24H25ClFN3O3/c1-2-3-4-13-28(24(30)19-9-12-22(25)23(15-19)29(31)32)17-21-6-5-14-27(21)16-18-7-10-20(26)11-8-18/h5-12,14-15H,2-4,13,16-17H2,1H3. The summed E-state index contributed by atoms with van der Waals surface area (Å²) in [7, 11) is 0. The first kappa shape index (κ1) is 23.5. The van der Waals surface area contributed by atoms with Crippen LogP contribution in [0.3, 0.4) is 0 Å². The zero-order valence-electron chi connectivity index (χ0n) is 17.8. The molecule has 6 nitrogen and oxygen atoms in total. The molecule has 8 heteroatoms. The van der Waals surface area contributed by atoms with Gasteiger partial charge in [0, 0.05) is 36.6 Å². The fourth-order valence-electron chi connectivity index (χ4n) is 3.50.